The van der Waals surface area contributed by atoms with Crippen molar-refractivity contribution < 1.29 is 0 Å². The highest BCUT2D eigenvalue weighted by Gasteiger charge is 2.12. The fourth-order valence-corrected chi connectivity index (χ4v) is 1.66. The Kier molecular flexibility index (Phi) is 4.16. The standard InChI is InChI=1S/C12H19N3/c1-4-6-10(3)12(7-5-2)15-9-11(13)8-14-15/h4,6,8-9,12H,1,5,7,13H2,2-3H3. The molecule has 3 nitrogen and oxygen atoms in total. The number of hydrogen-bond donors (Lipinski definition) is 1. The Morgan fingerprint density at radius 2 is 2.47 bits per heavy atom. The van der Waals surface area contributed by atoms with Crippen LogP contribution in [-0.2, 0) is 0 Å². The first-order chi connectivity index (χ1) is 7.19. The second-order valence-electron chi connectivity index (χ2n) is 3.70. The van der Waals surface area contributed by atoms with E-state index in [0.717, 1.165) is 12.8 Å². The molecular formula is C12H19N3. The van der Waals surface area contributed by atoms with Crippen molar-refractivity contribution in [3.63, 3.8) is 0 Å². The summed E-state index contributed by atoms with van der Waals surface area (Å²) in [4.78, 5) is 0. The largest absolute Gasteiger partial charge is 0.396 e. The zero-order chi connectivity index (χ0) is 11.3. The SMILES string of the molecule is C=CC=C(C)C(CCC)n1cc(N)cn1. The summed E-state index contributed by atoms with van der Waals surface area (Å²) in [6, 6.07) is 0.297. The van der Waals surface area contributed by atoms with Gasteiger partial charge in [-0.2, -0.15) is 5.10 Å². The Labute approximate surface area is 91.3 Å². The molecule has 1 atom stereocenters. The third-order valence-corrected chi connectivity index (χ3v) is 2.41. The van der Waals surface area contributed by atoms with Gasteiger partial charge in [0.05, 0.1) is 17.9 Å². The average Bonchev–Trinajstić information content (AvgIpc) is 2.61. The van der Waals surface area contributed by atoms with Gasteiger partial charge < -0.3 is 5.73 Å². The van der Waals surface area contributed by atoms with Gasteiger partial charge in [-0.1, -0.05) is 32.1 Å². The third-order valence-electron chi connectivity index (χ3n) is 2.41. The van der Waals surface area contributed by atoms with E-state index in [1.54, 1.807) is 6.20 Å². The molecule has 82 valence electrons. The van der Waals surface area contributed by atoms with Crippen molar-refractivity contribution in [1.82, 2.24) is 9.78 Å². The second kappa shape index (κ2) is 5.39. The van der Waals surface area contributed by atoms with Gasteiger partial charge in [-0.25, -0.2) is 0 Å². The van der Waals surface area contributed by atoms with E-state index >= 15 is 0 Å². The van der Waals surface area contributed by atoms with Crippen molar-refractivity contribution in [2.24, 2.45) is 0 Å². The number of rotatable bonds is 5. The van der Waals surface area contributed by atoms with Crippen molar-refractivity contribution in [2.45, 2.75) is 32.7 Å². The van der Waals surface area contributed by atoms with Crippen molar-refractivity contribution in [3.05, 3.63) is 36.7 Å². The highest BCUT2D eigenvalue weighted by molar-refractivity contribution is 5.31. The molecule has 1 heterocycles. The summed E-state index contributed by atoms with van der Waals surface area (Å²) in [5, 5.41) is 4.25. The van der Waals surface area contributed by atoms with Crippen LogP contribution < -0.4 is 5.73 Å². The number of anilines is 1. The van der Waals surface area contributed by atoms with Crippen molar-refractivity contribution in [3.8, 4) is 0 Å². The maximum Gasteiger partial charge on any atom is 0.0729 e. The average molecular weight is 205 g/mol. The quantitative estimate of drug-likeness (QED) is 0.751. The van der Waals surface area contributed by atoms with Crippen LogP contribution in [0.1, 0.15) is 32.7 Å². The molecule has 0 aromatic carbocycles. The first-order valence-electron chi connectivity index (χ1n) is 5.27. The minimum absolute atomic E-state index is 0.297. The Bertz CT molecular complexity index is 350. The summed E-state index contributed by atoms with van der Waals surface area (Å²) in [7, 11) is 0. The van der Waals surface area contributed by atoms with E-state index in [9.17, 15) is 0 Å². The predicted molar refractivity (Wildman–Crippen MR) is 64.5 cm³/mol. The zero-order valence-corrected chi connectivity index (χ0v) is 9.48. The summed E-state index contributed by atoms with van der Waals surface area (Å²) >= 11 is 0. The van der Waals surface area contributed by atoms with Crippen LogP contribution in [0.15, 0.2) is 36.7 Å². The van der Waals surface area contributed by atoms with Crippen molar-refractivity contribution in [1.29, 1.82) is 0 Å². The molecule has 0 amide bonds. The minimum Gasteiger partial charge on any atom is -0.396 e. The van der Waals surface area contributed by atoms with E-state index in [-0.39, 0.29) is 0 Å². The Hall–Kier alpha value is -1.51. The van der Waals surface area contributed by atoms with Gasteiger partial charge in [0, 0.05) is 6.20 Å². The number of hydrogen-bond acceptors (Lipinski definition) is 2. The summed E-state index contributed by atoms with van der Waals surface area (Å²) in [6.45, 7) is 7.98. The molecule has 0 aliphatic heterocycles. The Balaban J connectivity index is 2.91. The molecular weight excluding hydrogens is 186 g/mol. The maximum atomic E-state index is 5.66. The summed E-state index contributed by atoms with van der Waals surface area (Å²) < 4.78 is 1.92. The number of nitrogens with two attached hydrogens (primary N) is 1. The van der Waals surface area contributed by atoms with E-state index in [1.807, 2.05) is 23.0 Å². The number of allylic oxidation sites excluding steroid dienone is 3. The van der Waals surface area contributed by atoms with E-state index in [2.05, 4.69) is 25.5 Å². The summed E-state index contributed by atoms with van der Waals surface area (Å²) in [5.41, 5.74) is 7.63. The van der Waals surface area contributed by atoms with Crippen LogP contribution in [-0.4, -0.2) is 9.78 Å². The smallest absolute Gasteiger partial charge is 0.0729 e. The minimum atomic E-state index is 0.297. The molecule has 0 saturated carbocycles. The van der Waals surface area contributed by atoms with Crippen LogP contribution in [0.4, 0.5) is 5.69 Å². The molecule has 0 spiro atoms. The van der Waals surface area contributed by atoms with E-state index in [0.29, 0.717) is 11.7 Å². The van der Waals surface area contributed by atoms with Crippen LogP contribution in [0, 0.1) is 0 Å². The Morgan fingerprint density at radius 3 is 2.93 bits per heavy atom. The lowest BCUT2D eigenvalue weighted by Crippen LogP contribution is -2.10. The monoisotopic (exact) mass is 205 g/mol. The zero-order valence-electron chi connectivity index (χ0n) is 9.48. The number of nitrogens with zero attached hydrogens (tertiary/aromatic N) is 2. The normalized spacial score (nSPS) is 13.9. The van der Waals surface area contributed by atoms with Crippen molar-refractivity contribution in [2.75, 3.05) is 5.73 Å². The predicted octanol–water partition coefficient (Wildman–Crippen LogP) is 2.94. The van der Waals surface area contributed by atoms with Gasteiger partial charge in [0.1, 0.15) is 0 Å². The van der Waals surface area contributed by atoms with E-state index in [1.165, 1.54) is 5.57 Å². The van der Waals surface area contributed by atoms with Gasteiger partial charge in [-0.3, -0.25) is 4.68 Å². The first-order valence-corrected chi connectivity index (χ1v) is 5.27. The van der Waals surface area contributed by atoms with Gasteiger partial charge in [0.15, 0.2) is 0 Å². The summed E-state index contributed by atoms with van der Waals surface area (Å²) in [5.74, 6) is 0. The molecule has 2 N–H and O–H groups in total. The van der Waals surface area contributed by atoms with Crippen LogP contribution in [0.5, 0.6) is 0 Å². The number of nitrogen functional groups attached to an aromatic ring is 1. The van der Waals surface area contributed by atoms with Gasteiger partial charge in [-0.05, 0) is 18.9 Å². The van der Waals surface area contributed by atoms with Crippen LogP contribution in [0.3, 0.4) is 0 Å². The number of aromatic nitrogens is 2. The molecule has 0 fully saturated rings. The van der Waals surface area contributed by atoms with E-state index in [4.69, 9.17) is 5.73 Å². The lowest BCUT2D eigenvalue weighted by Gasteiger charge is -2.17. The fraction of sp³-hybridized carbons (Fsp3) is 0.417. The third kappa shape index (κ3) is 2.98. The molecule has 1 unspecified atom stereocenters. The van der Waals surface area contributed by atoms with Crippen LogP contribution in [0.25, 0.3) is 0 Å². The van der Waals surface area contributed by atoms with Crippen LogP contribution >= 0.6 is 0 Å². The Morgan fingerprint density at radius 1 is 1.73 bits per heavy atom. The maximum absolute atomic E-state index is 5.66. The van der Waals surface area contributed by atoms with Gasteiger partial charge >= 0.3 is 0 Å². The van der Waals surface area contributed by atoms with Crippen LogP contribution in [0.2, 0.25) is 0 Å². The fourth-order valence-electron chi connectivity index (χ4n) is 1.66. The molecule has 0 bridgehead atoms. The second-order valence-corrected chi connectivity index (χ2v) is 3.70. The molecule has 0 aliphatic rings. The highest BCUT2D eigenvalue weighted by atomic mass is 15.3. The van der Waals surface area contributed by atoms with Gasteiger partial charge in [0.2, 0.25) is 0 Å². The van der Waals surface area contributed by atoms with Crippen molar-refractivity contribution >= 4 is 5.69 Å². The lowest BCUT2D eigenvalue weighted by atomic mass is 10.0. The molecule has 0 aliphatic carbocycles. The molecule has 1 aromatic rings. The van der Waals surface area contributed by atoms with Gasteiger partial charge in [0.25, 0.3) is 0 Å². The molecule has 15 heavy (non-hydrogen) atoms. The topological polar surface area (TPSA) is 43.8 Å². The highest BCUT2D eigenvalue weighted by Crippen LogP contribution is 2.22. The molecule has 1 rings (SSSR count). The lowest BCUT2D eigenvalue weighted by molar-refractivity contribution is 0.476. The molecule has 1 aromatic heterocycles. The van der Waals surface area contributed by atoms with E-state index < -0.39 is 0 Å². The molecule has 0 radical (unpaired) electrons. The summed E-state index contributed by atoms with van der Waals surface area (Å²) in [6.07, 6.45) is 9.58. The first kappa shape index (κ1) is 11.6. The molecule has 3 heteroatoms. The molecule has 0 saturated heterocycles. The van der Waals surface area contributed by atoms with Gasteiger partial charge in [-0.15, -0.1) is 0 Å².